The second kappa shape index (κ2) is 6.11. The number of aliphatic hydroxyl groups is 1. The molecule has 0 aliphatic carbocycles. The topological polar surface area (TPSA) is 62.2 Å². The van der Waals surface area contributed by atoms with E-state index in [1.807, 2.05) is 43.3 Å². The van der Waals surface area contributed by atoms with Gasteiger partial charge in [0.15, 0.2) is 0 Å². The number of carbonyl (C=O) groups excluding carboxylic acids is 1. The number of hydrogen-bond donors (Lipinski definition) is 2. The molecular formula is C15H16N2O2. The minimum absolute atomic E-state index is 0.124. The van der Waals surface area contributed by atoms with E-state index in [2.05, 4.69) is 10.3 Å². The molecule has 1 amide bonds. The highest BCUT2D eigenvalue weighted by atomic mass is 16.3. The molecule has 0 saturated heterocycles. The van der Waals surface area contributed by atoms with Gasteiger partial charge in [0.05, 0.1) is 18.3 Å². The van der Waals surface area contributed by atoms with Crippen molar-refractivity contribution in [2.75, 3.05) is 6.61 Å². The molecule has 0 aliphatic heterocycles. The Kier molecular flexibility index (Phi) is 4.26. The third kappa shape index (κ3) is 2.98. The Morgan fingerprint density at radius 1 is 1.32 bits per heavy atom. The van der Waals surface area contributed by atoms with Gasteiger partial charge in [-0.1, -0.05) is 30.3 Å². The van der Waals surface area contributed by atoms with Gasteiger partial charge in [-0.2, -0.15) is 0 Å². The standard InChI is InChI=1S/C15H16N2O2/c1-11-3-2-8-16-15(11)13-6-4-12(5-7-13)14(9-18)17-10-19/h2-8,10,14,18H,9H2,1H3,(H,17,19). The first-order valence-electron chi connectivity index (χ1n) is 6.08. The number of aryl methyl sites for hydroxylation is 1. The van der Waals surface area contributed by atoms with Crippen LogP contribution in [-0.2, 0) is 4.79 Å². The van der Waals surface area contributed by atoms with Crippen molar-refractivity contribution in [2.24, 2.45) is 0 Å². The third-order valence-corrected chi connectivity index (χ3v) is 3.05. The normalized spacial score (nSPS) is 11.9. The van der Waals surface area contributed by atoms with Crippen molar-refractivity contribution in [1.29, 1.82) is 0 Å². The predicted molar refractivity (Wildman–Crippen MR) is 73.4 cm³/mol. The lowest BCUT2D eigenvalue weighted by molar-refractivity contribution is -0.110. The first kappa shape index (κ1) is 13.2. The molecule has 2 aromatic rings. The summed E-state index contributed by atoms with van der Waals surface area (Å²) in [5.74, 6) is 0. The third-order valence-electron chi connectivity index (χ3n) is 3.05. The summed E-state index contributed by atoms with van der Waals surface area (Å²) in [6.45, 7) is 1.89. The fourth-order valence-electron chi connectivity index (χ4n) is 2.00. The fraction of sp³-hybridized carbons (Fsp3) is 0.200. The Hall–Kier alpha value is -2.20. The van der Waals surface area contributed by atoms with E-state index in [-0.39, 0.29) is 12.6 Å². The molecule has 4 heteroatoms. The van der Waals surface area contributed by atoms with Gasteiger partial charge in [0.1, 0.15) is 0 Å². The monoisotopic (exact) mass is 256 g/mol. The van der Waals surface area contributed by atoms with Gasteiger partial charge in [0.2, 0.25) is 6.41 Å². The first-order chi connectivity index (χ1) is 9.26. The SMILES string of the molecule is Cc1cccnc1-c1ccc(C(CO)NC=O)cc1. The molecule has 0 fully saturated rings. The van der Waals surface area contributed by atoms with E-state index < -0.39 is 0 Å². The number of benzene rings is 1. The zero-order valence-corrected chi connectivity index (χ0v) is 10.7. The van der Waals surface area contributed by atoms with E-state index in [0.29, 0.717) is 6.41 Å². The summed E-state index contributed by atoms with van der Waals surface area (Å²) in [7, 11) is 0. The van der Waals surface area contributed by atoms with Crippen LogP contribution in [-0.4, -0.2) is 23.1 Å². The summed E-state index contributed by atoms with van der Waals surface area (Å²) >= 11 is 0. The van der Waals surface area contributed by atoms with Crippen molar-refractivity contribution < 1.29 is 9.90 Å². The van der Waals surface area contributed by atoms with Crippen molar-refractivity contribution >= 4 is 6.41 Å². The van der Waals surface area contributed by atoms with Gasteiger partial charge in [-0.3, -0.25) is 9.78 Å². The number of rotatable bonds is 5. The summed E-state index contributed by atoms with van der Waals surface area (Å²) in [6.07, 6.45) is 2.36. The summed E-state index contributed by atoms with van der Waals surface area (Å²) < 4.78 is 0. The molecule has 2 N–H and O–H groups in total. The van der Waals surface area contributed by atoms with E-state index >= 15 is 0 Å². The molecule has 0 aliphatic rings. The van der Waals surface area contributed by atoms with Crippen LogP contribution in [0, 0.1) is 6.92 Å². The highest BCUT2D eigenvalue weighted by molar-refractivity contribution is 5.63. The first-order valence-corrected chi connectivity index (χ1v) is 6.08. The second-order valence-corrected chi connectivity index (χ2v) is 4.31. The van der Waals surface area contributed by atoms with Crippen LogP contribution in [0.3, 0.4) is 0 Å². The zero-order valence-electron chi connectivity index (χ0n) is 10.7. The number of aliphatic hydroxyl groups excluding tert-OH is 1. The van der Waals surface area contributed by atoms with Crippen molar-refractivity contribution in [3.63, 3.8) is 0 Å². The molecule has 0 bridgehead atoms. The second-order valence-electron chi connectivity index (χ2n) is 4.31. The van der Waals surface area contributed by atoms with Crippen LogP contribution in [0.25, 0.3) is 11.3 Å². The van der Waals surface area contributed by atoms with Crippen molar-refractivity contribution in [2.45, 2.75) is 13.0 Å². The van der Waals surface area contributed by atoms with E-state index in [9.17, 15) is 9.90 Å². The smallest absolute Gasteiger partial charge is 0.207 e. The van der Waals surface area contributed by atoms with Crippen LogP contribution in [0.2, 0.25) is 0 Å². The molecule has 1 heterocycles. The van der Waals surface area contributed by atoms with E-state index in [4.69, 9.17) is 0 Å². The largest absolute Gasteiger partial charge is 0.394 e. The average Bonchev–Trinajstić information content (AvgIpc) is 2.46. The Bertz CT molecular complexity index is 552. The summed E-state index contributed by atoms with van der Waals surface area (Å²) in [6, 6.07) is 11.2. The lowest BCUT2D eigenvalue weighted by Gasteiger charge is -2.14. The average molecular weight is 256 g/mol. The number of pyridine rings is 1. The Balaban J connectivity index is 2.28. The van der Waals surface area contributed by atoms with Gasteiger partial charge in [-0.15, -0.1) is 0 Å². The van der Waals surface area contributed by atoms with Gasteiger partial charge in [-0.05, 0) is 24.1 Å². The highest BCUT2D eigenvalue weighted by Gasteiger charge is 2.09. The molecule has 0 saturated carbocycles. The van der Waals surface area contributed by atoms with E-state index in [1.165, 1.54) is 0 Å². The van der Waals surface area contributed by atoms with Gasteiger partial charge >= 0.3 is 0 Å². The number of aromatic nitrogens is 1. The minimum atomic E-state index is -0.364. The van der Waals surface area contributed by atoms with Crippen LogP contribution in [0.4, 0.5) is 0 Å². The lowest BCUT2D eigenvalue weighted by Crippen LogP contribution is -2.22. The van der Waals surface area contributed by atoms with Gasteiger partial charge < -0.3 is 10.4 Å². The molecule has 0 radical (unpaired) electrons. The molecule has 0 spiro atoms. The Morgan fingerprint density at radius 2 is 2.05 bits per heavy atom. The summed E-state index contributed by atoms with van der Waals surface area (Å²) in [4.78, 5) is 14.8. The van der Waals surface area contributed by atoms with Gasteiger partial charge in [-0.25, -0.2) is 0 Å². The van der Waals surface area contributed by atoms with Crippen LogP contribution >= 0.6 is 0 Å². The van der Waals surface area contributed by atoms with Gasteiger partial charge in [0, 0.05) is 11.8 Å². The Labute approximate surface area is 112 Å². The van der Waals surface area contributed by atoms with Gasteiger partial charge in [0.25, 0.3) is 0 Å². The van der Waals surface area contributed by atoms with E-state index in [0.717, 1.165) is 22.4 Å². The number of nitrogens with zero attached hydrogens (tertiary/aromatic N) is 1. The van der Waals surface area contributed by atoms with Crippen LogP contribution in [0.5, 0.6) is 0 Å². The molecule has 1 unspecified atom stereocenters. The zero-order chi connectivity index (χ0) is 13.7. The molecule has 1 aromatic heterocycles. The predicted octanol–water partition coefficient (Wildman–Crippen LogP) is 1.84. The maximum absolute atomic E-state index is 10.4. The number of nitrogens with one attached hydrogen (secondary N) is 1. The molecular weight excluding hydrogens is 240 g/mol. The maximum atomic E-state index is 10.4. The fourth-order valence-corrected chi connectivity index (χ4v) is 2.00. The number of carbonyl (C=O) groups is 1. The van der Waals surface area contributed by atoms with Crippen LogP contribution < -0.4 is 5.32 Å². The van der Waals surface area contributed by atoms with Crippen LogP contribution in [0.1, 0.15) is 17.2 Å². The highest BCUT2D eigenvalue weighted by Crippen LogP contribution is 2.22. The van der Waals surface area contributed by atoms with E-state index in [1.54, 1.807) is 6.20 Å². The number of amides is 1. The Morgan fingerprint density at radius 3 is 2.63 bits per heavy atom. The quantitative estimate of drug-likeness (QED) is 0.802. The molecule has 4 nitrogen and oxygen atoms in total. The molecule has 19 heavy (non-hydrogen) atoms. The molecule has 2 rings (SSSR count). The molecule has 1 aromatic carbocycles. The van der Waals surface area contributed by atoms with Crippen LogP contribution in [0.15, 0.2) is 42.6 Å². The summed E-state index contributed by atoms with van der Waals surface area (Å²) in [5, 5.41) is 11.8. The minimum Gasteiger partial charge on any atom is -0.394 e. The lowest BCUT2D eigenvalue weighted by atomic mass is 10.0. The molecule has 98 valence electrons. The van der Waals surface area contributed by atoms with Crippen molar-refractivity contribution in [3.05, 3.63) is 53.7 Å². The summed E-state index contributed by atoms with van der Waals surface area (Å²) in [5.41, 5.74) is 3.94. The van der Waals surface area contributed by atoms with Crippen molar-refractivity contribution in [3.8, 4) is 11.3 Å². The van der Waals surface area contributed by atoms with Crippen molar-refractivity contribution in [1.82, 2.24) is 10.3 Å². The maximum Gasteiger partial charge on any atom is 0.207 e. The molecule has 1 atom stereocenters. The number of hydrogen-bond acceptors (Lipinski definition) is 3.